The van der Waals surface area contributed by atoms with Crippen molar-refractivity contribution in [2.24, 2.45) is 0 Å². The number of carbonyl (C=O) groups is 2. The Morgan fingerprint density at radius 3 is 2.29 bits per heavy atom. The van der Waals surface area contributed by atoms with Gasteiger partial charge in [-0.05, 0) is 29.3 Å². The fourth-order valence-corrected chi connectivity index (χ4v) is 4.73. The van der Waals surface area contributed by atoms with Crippen molar-refractivity contribution in [3.8, 4) is 11.1 Å². The molecule has 0 atom stereocenters. The number of thiazole rings is 1. The van der Waals surface area contributed by atoms with Gasteiger partial charge in [0.15, 0.2) is 5.01 Å². The Hall–Kier alpha value is -3.10. The molecule has 8 heteroatoms. The molecule has 0 N–H and O–H groups in total. The van der Waals surface area contributed by atoms with Gasteiger partial charge in [0.1, 0.15) is 0 Å². The molecule has 1 aromatic carbocycles. The largest absolute Gasteiger partial charge is 0.335 e. The minimum Gasteiger partial charge on any atom is -0.335 e. The number of carbonyl (C=O) groups excluding carboxylic acids is 2. The molecule has 5 rings (SSSR count). The molecule has 0 bridgehead atoms. The van der Waals surface area contributed by atoms with E-state index in [2.05, 4.69) is 14.9 Å². The summed E-state index contributed by atoms with van der Waals surface area (Å²) in [7, 11) is 0. The summed E-state index contributed by atoms with van der Waals surface area (Å²) >= 11 is 1.39. The van der Waals surface area contributed by atoms with Crippen LogP contribution in [0.5, 0.6) is 0 Å². The van der Waals surface area contributed by atoms with Crippen molar-refractivity contribution in [2.75, 3.05) is 39.3 Å². The predicted molar refractivity (Wildman–Crippen MR) is 119 cm³/mol. The van der Waals surface area contributed by atoms with Crippen LogP contribution in [0.15, 0.2) is 60.4 Å². The molecule has 2 fully saturated rings. The van der Waals surface area contributed by atoms with E-state index in [-0.39, 0.29) is 11.8 Å². The number of piperazine rings is 1. The van der Waals surface area contributed by atoms with Crippen molar-refractivity contribution in [1.82, 2.24) is 24.7 Å². The highest BCUT2D eigenvalue weighted by atomic mass is 32.1. The first-order chi connectivity index (χ1) is 15.2. The van der Waals surface area contributed by atoms with E-state index in [1.807, 2.05) is 57.8 Å². The first-order valence-corrected chi connectivity index (χ1v) is 11.3. The van der Waals surface area contributed by atoms with Crippen LogP contribution in [0, 0.1) is 0 Å². The van der Waals surface area contributed by atoms with E-state index in [1.54, 1.807) is 12.4 Å². The summed E-state index contributed by atoms with van der Waals surface area (Å²) < 4.78 is 0. The molecule has 0 saturated carbocycles. The Kier molecular flexibility index (Phi) is 5.48. The molecule has 2 aliphatic rings. The normalized spacial score (nSPS) is 17.4. The number of benzene rings is 1. The van der Waals surface area contributed by atoms with Crippen molar-refractivity contribution >= 4 is 23.2 Å². The van der Waals surface area contributed by atoms with Crippen molar-refractivity contribution in [3.63, 3.8) is 0 Å². The minimum absolute atomic E-state index is 0.0230. The number of nitrogens with zero attached hydrogens (tertiary/aromatic N) is 5. The number of hydrogen-bond donors (Lipinski definition) is 0. The van der Waals surface area contributed by atoms with Gasteiger partial charge in [0, 0.05) is 74.8 Å². The van der Waals surface area contributed by atoms with Gasteiger partial charge in [-0.1, -0.05) is 18.2 Å². The monoisotopic (exact) mass is 433 g/mol. The molecule has 0 spiro atoms. The molecule has 0 radical (unpaired) electrons. The first-order valence-electron chi connectivity index (χ1n) is 10.4. The lowest BCUT2D eigenvalue weighted by Crippen LogP contribution is -2.64. The fraction of sp³-hybridized carbons (Fsp3) is 0.304. The van der Waals surface area contributed by atoms with Crippen LogP contribution in [-0.4, -0.2) is 81.8 Å². The van der Waals surface area contributed by atoms with Gasteiger partial charge in [-0.2, -0.15) is 0 Å². The summed E-state index contributed by atoms with van der Waals surface area (Å²) in [6, 6.07) is 12.0. The third-order valence-corrected chi connectivity index (χ3v) is 6.77. The first kappa shape index (κ1) is 19.8. The van der Waals surface area contributed by atoms with Crippen LogP contribution in [0.3, 0.4) is 0 Å². The number of rotatable bonds is 4. The number of pyridine rings is 1. The molecular weight excluding hydrogens is 410 g/mol. The van der Waals surface area contributed by atoms with E-state index in [4.69, 9.17) is 0 Å². The molecule has 2 aliphatic heterocycles. The fourth-order valence-electron chi connectivity index (χ4n) is 4.13. The summed E-state index contributed by atoms with van der Waals surface area (Å²) in [4.78, 5) is 39.7. The lowest BCUT2D eigenvalue weighted by atomic mass is 10.0. The van der Waals surface area contributed by atoms with Crippen molar-refractivity contribution in [2.45, 2.75) is 6.04 Å². The highest BCUT2D eigenvalue weighted by molar-refractivity contribution is 7.11. The lowest BCUT2D eigenvalue weighted by molar-refractivity contribution is 0.00853. The second-order valence-electron chi connectivity index (χ2n) is 7.85. The Labute approximate surface area is 185 Å². The van der Waals surface area contributed by atoms with Crippen LogP contribution in [0.1, 0.15) is 20.2 Å². The Morgan fingerprint density at radius 1 is 0.871 bits per heavy atom. The number of aromatic nitrogens is 2. The highest BCUT2D eigenvalue weighted by Gasteiger charge is 2.37. The molecule has 2 aromatic heterocycles. The minimum atomic E-state index is 0.0230. The summed E-state index contributed by atoms with van der Waals surface area (Å²) in [5.74, 6) is 0.0985. The molecule has 3 aromatic rings. The average molecular weight is 434 g/mol. The smallest absolute Gasteiger partial charge is 0.282 e. The summed E-state index contributed by atoms with van der Waals surface area (Å²) in [5, 5.41) is 2.39. The SMILES string of the molecule is O=C(c1ccc(-c2cccnc2)cc1)N1CC(N2CCN(C(=O)c3nccs3)CC2)C1. The van der Waals surface area contributed by atoms with Crippen molar-refractivity contribution in [1.29, 1.82) is 0 Å². The molecule has 4 heterocycles. The van der Waals surface area contributed by atoms with Gasteiger partial charge in [-0.3, -0.25) is 19.5 Å². The maximum Gasteiger partial charge on any atom is 0.282 e. The van der Waals surface area contributed by atoms with Gasteiger partial charge in [0.25, 0.3) is 11.8 Å². The Morgan fingerprint density at radius 2 is 1.65 bits per heavy atom. The predicted octanol–water partition coefficient (Wildman–Crippen LogP) is 2.49. The lowest BCUT2D eigenvalue weighted by Gasteiger charge is -2.48. The summed E-state index contributed by atoms with van der Waals surface area (Å²) in [6.45, 7) is 4.57. The van der Waals surface area contributed by atoms with Crippen LogP contribution in [0.2, 0.25) is 0 Å². The van der Waals surface area contributed by atoms with Gasteiger partial charge in [-0.25, -0.2) is 4.98 Å². The van der Waals surface area contributed by atoms with E-state index >= 15 is 0 Å². The van der Waals surface area contributed by atoms with E-state index < -0.39 is 0 Å². The summed E-state index contributed by atoms with van der Waals surface area (Å²) in [5.41, 5.74) is 2.80. The molecule has 7 nitrogen and oxygen atoms in total. The zero-order valence-corrected chi connectivity index (χ0v) is 17.9. The van der Waals surface area contributed by atoms with Gasteiger partial charge in [-0.15, -0.1) is 11.3 Å². The third-order valence-electron chi connectivity index (χ3n) is 6.01. The third kappa shape index (κ3) is 4.08. The van der Waals surface area contributed by atoms with Crippen molar-refractivity contribution < 1.29 is 9.59 Å². The summed E-state index contributed by atoms with van der Waals surface area (Å²) in [6.07, 6.45) is 5.24. The van der Waals surface area contributed by atoms with E-state index in [0.29, 0.717) is 29.7 Å². The molecule has 31 heavy (non-hydrogen) atoms. The number of hydrogen-bond acceptors (Lipinski definition) is 6. The van der Waals surface area contributed by atoms with E-state index in [9.17, 15) is 9.59 Å². The van der Waals surface area contributed by atoms with Gasteiger partial charge in [0.2, 0.25) is 0 Å². The number of likely N-dealkylation sites (tertiary alicyclic amines) is 1. The highest BCUT2D eigenvalue weighted by Crippen LogP contribution is 2.23. The topological polar surface area (TPSA) is 69.6 Å². The van der Waals surface area contributed by atoms with Crippen LogP contribution < -0.4 is 0 Å². The van der Waals surface area contributed by atoms with Crippen molar-refractivity contribution in [3.05, 3.63) is 70.9 Å². The molecular formula is C23H23N5O2S. The zero-order valence-electron chi connectivity index (χ0n) is 17.1. The van der Waals surface area contributed by atoms with Gasteiger partial charge >= 0.3 is 0 Å². The second-order valence-corrected chi connectivity index (χ2v) is 8.74. The standard InChI is InChI=1S/C23H23N5O2S/c29-22(18-5-3-17(4-6-18)19-2-1-7-24-14-19)28-15-20(16-28)26-9-11-27(12-10-26)23(30)21-25-8-13-31-21/h1-8,13-14,20H,9-12,15-16H2. The van der Waals surface area contributed by atoms with Crippen LogP contribution in [-0.2, 0) is 0 Å². The second kappa shape index (κ2) is 8.56. The quantitative estimate of drug-likeness (QED) is 0.632. The molecule has 2 amide bonds. The number of amides is 2. The Bertz CT molecular complexity index is 1040. The molecule has 0 unspecified atom stereocenters. The molecule has 0 aliphatic carbocycles. The van der Waals surface area contributed by atoms with Gasteiger partial charge in [0.05, 0.1) is 0 Å². The van der Waals surface area contributed by atoms with Crippen LogP contribution >= 0.6 is 11.3 Å². The Balaban J connectivity index is 1.12. The van der Waals surface area contributed by atoms with E-state index in [1.165, 1.54) is 11.3 Å². The van der Waals surface area contributed by atoms with Crippen LogP contribution in [0.4, 0.5) is 0 Å². The van der Waals surface area contributed by atoms with Crippen LogP contribution in [0.25, 0.3) is 11.1 Å². The van der Waals surface area contributed by atoms with Gasteiger partial charge < -0.3 is 9.80 Å². The molecule has 2 saturated heterocycles. The molecule has 158 valence electrons. The average Bonchev–Trinajstić information content (AvgIpc) is 3.34. The maximum atomic E-state index is 12.8. The zero-order chi connectivity index (χ0) is 21.2. The van der Waals surface area contributed by atoms with E-state index in [0.717, 1.165) is 37.3 Å². The maximum absolute atomic E-state index is 12.8.